The van der Waals surface area contributed by atoms with Crippen molar-refractivity contribution < 1.29 is 22.1 Å². The molecule has 0 aliphatic heterocycles. The second kappa shape index (κ2) is 3.72. The third-order valence-corrected chi connectivity index (χ3v) is 1.55. The van der Waals surface area contributed by atoms with Crippen LogP contribution in [0.4, 0.5) is 17.6 Å². The van der Waals surface area contributed by atoms with Crippen LogP contribution in [0, 0.1) is 0 Å². The van der Waals surface area contributed by atoms with Gasteiger partial charge in [-0.25, -0.2) is 8.78 Å². The first-order valence-corrected chi connectivity index (χ1v) is 3.93. The van der Waals surface area contributed by atoms with Crippen molar-refractivity contribution in [3.63, 3.8) is 0 Å². The van der Waals surface area contributed by atoms with Gasteiger partial charge in [0.2, 0.25) is 0 Å². The van der Waals surface area contributed by atoms with Crippen LogP contribution in [-0.4, -0.2) is 16.6 Å². The predicted molar refractivity (Wildman–Crippen MR) is 38.5 cm³/mol. The minimum atomic E-state index is -4.43. The van der Waals surface area contributed by atoms with Crippen LogP contribution in [0.1, 0.15) is 24.0 Å². The van der Waals surface area contributed by atoms with Crippen LogP contribution in [-0.2, 0) is 5.92 Å². The molecule has 1 aromatic rings. The molecule has 3 nitrogen and oxygen atoms in total. The lowest BCUT2D eigenvalue weighted by atomic mass is 10.3. The molecular formula is C6H5ClF4N2O. The van der Waals surface area contributed by atoms with Crippen LogP contribution in [0.15, 0.2) is 4.52 Å². The van der Waals surface area contributed by atoms with Gasteiger partial charge in [0.05, 0.1) is 5.38 Å². The summed E-state index contributed by atoms with van der Waals surface area (Å²) in [7, 11) is 0. The topological polar surface area (TPSA) is 38.9 Å². The molecule has 0 amide bonds. The largest absolute Gasteiger partial charge is 0.383 e. The normalized spacial score (nSPS) is 14.8. The highest BCUT2D eigenvalue weighted by molar-refractivity contribution is 6.20. The van der Waals surface area contributed by atoms with Crippen LogP contribution in [0.25, 0.3) is 0 Å². The lowest BCUT2D eigenvalue weighted by molar-refractivity contribution is -0.152. The Morgan fingerprint density at radius 2 is 2.00 bits per heavy atom. The Morgan fingerprint density at radius 3 is 2.36 bits per heavy atom. The Morgan fingerprint density at radius 1 is 1.43 bits per heavy atom. The monoisotopic (exact) mass is 232 g/mol. The van der Waals surface area contributed by atoms with E-state index in [9.17, 15) is 17.6 Å². The van der Waals surface area contributed by atoms with Gasteiger partial charge in [-0.3, -0.25) is 0 Å². The predicted octanol–water partition coefficient (Wildman–Crippen LogP) is 2.73. The van der Waals surface area contributed by atoms with Crippen LogP contribution in [0.3, 0.4) is 0 Å². The fourth-order valence-corrected chi connectivity index (χ4v) is 0.714. The average molecular weight is 233 g/mol. The molecule has 0 fully saturated rings. The highest BCUT2D eigenvalue weighted by Gasteiger charge is 2.48. The molecule has 0 bridgehead atoms. The van der Waals surface area contributed by atoms with E-state index in [0.29, 0.717) is 0 Å². The summed E-state index contributed by atoms with van der Waals surface area (Å²) in [6.45, 7) is 1.40. The molecule has 8 heteroatoms. The lowest BCUT2D eigenvalue weighted by Crippen LogP contribution is -2.24. The van der Waals surface area contributed by atoms with Crippen molar-refractivity contribution in [1.82, 2.24) is 10.1 Å². The van der Waals surface area contributed by atoms with Gasteiger partial charge in [-0.1, -0.05) is 5.16 Å². The third-order valence-electron chi connectivity index (χ3n) is 1.36. The van der Waals surface area contributed by atoms with Gasteiger partial charge < -0.3 is 4.52 Å². The smallest absolute Gasteiger partial charge is 0.332 e. The fourth-order valence-electron chi connectivity index (χ4n) is 0.625. The molecule has 0 saturated heterocycles. The van der Waals surface area contributed by atoms with E-state index in [1.165, 1.54) is 6.92 Å². The van der Waals surface area contributed by atoms with Gasteiger partial charge in [0.25, 0.3) is 0 Å². The Balaban J connectivity index is 2.97. The van der Waals surface area contributed by atoms with Gasteiger partial charge >= 0.3 is 18.2 Å². The molecule has 80 valence electrons. The molecule has 0 spiro atoms. The second-order valence-electron chi connectivity index (χ2n) is 2.50. The zero-order valence-electron chi connectivity index (χ0n) is 6.85. The van der Waals surface area contributed by atoms with Crippen LogP contribution < -0.4 is 0 Å². The maximum Gasteiger partial charge on any atom is 0.383 e. The van der Waals surface area contributed by atoms with Crippen molar-refractivity contribution in [2.75, 3.05) is 0 Å². The number of hydrogen-bond donors (Lipinski definition) is 0. The third kappa shape index (κ3) is 1.97. The van der Waals surface area contributed by atoms with Crippen LogP contribution >= 0.6 is 11.6 Å². The molecule has 1 unspecified atom stereocenters. The van der Waals surface area contributed by atoms with E-state index in [2.05, 4.69) is 14.7 Å². The SMILES string of the molecule is CC(Cl)c1noc(C(F)(F)C(F)F)n1. The van der Waals surface area contributed by atoms with E-state index in [4.69, 9.17) is 11.6 Å². The summed E-state index contributed by atoms with van der Waals surface area (Å²) in [5.74, 6) is -6.10. The maximum absolute atomic E-state index is 12.6. The number of halogens is 5. The lowest BCUT2D eigenvalue weighted by Gasteiger charge is -2.08. The molecule has 1 rings (SSSR count). The molecule has 0 saturated carbocycles. The van der Waals surface area contributed by atoms with Crippen molar-refractivity contribution in [3.05, 3.63) is 11.7 Å². The minimum Gasteiger partial charge on any atom is -0.332 e. The van der Waals surface area contributed by atoms with Gasteiger partial charge in [0.15, 0.2) is 5.82 Å². The van der Waals surface area contributed by atoms with Gasteiger partial charge in [-0.15, -0.1) is 11.6 Å². The molecule has 1 atom stereocenters. The molecule has 0 N–H and O–H groups in total. The maximum atomic E-state index is 12.6. The summed E-state index contributed by atoms with van der Waals surface area (Å²) in [4.78, 5) is 3.06. The molecule has 0 aliphatic rings. The molecule has 14 heavy (non-hydrogen) atoms. The number of alkyl halides is 5. The Bertz CT molecular complexity index is 315. The molecule has 0 aliphatic carbocycles. The standard InChI is InChI=1S/C6H5ClF4N2O/c1-2(7)3-12-5(14-13-3)6(10,11)4(8)9/h2,4H,1H3. The first-order chi connectivity index (χ1) is 6.35. The number of rotatable bonds is 3. The molecule has 1 aromatic heterocycles. The summed E-state index contributed by atoms with van der Waals surface area (Å²) in [5, 5.41) is 2.26. The molecular weight excluding hydrogens is 228 g/mol. The fraction of sp³-hybridized carbons (Fsp3) is 0.667. The quantitative estimate of drug-likeness (QED) is 0.594. The zero-order valence-corrected chi connectivity index (χ0v) is 7.60. The molecule has 0 aromatic carbocycles. The Kier molecular flexibility index (Phi) is 2.98. The van der Waals surface area contributed by atoms with E-state index in [-0.39, 0.29) is 5.82 Å². The van der Waals surface area contributed by atoms with E-state index < -0.39 is 23.6 Å². The average Bonchev–Trinajstić information content (AvgIpc) is 2.51. The minimum absolute atomic E-state index is 0.248. The van der Waals surface area contributed by atoms with Gasteiger partial charge in [0, 0.05) is 0 Å². The summed E-state index contributed by atoms with van der Waals surface area (Å²) in [6, 6.07) is 0. The van der Waals surface area contributed by atoms with Crippen molar-refractivity contribution in [1.29, 1.82) is 0 Å². The second-order valence-corrected chi connectivity index (χ2v) is 3.15. The van der Waals surface area contributed by atoms with Crippen molar-refractivity contribution >= 4 is 11.6 Å². The number of hydrogen-bond acceptors (Lipinski definition) is 3. The Hall–Kier alpha value is -0.850. The van der Waals surface area contributed by atoms with Crippen LogP contribution in [0.5, 0.6) is 0 Å². The molecule has 1 heterocycles. The van der Waals surface area contributed by atoms with E-state index in [1.54, 1.807) is 0 Å². The van der Waals surface area contributed by atoms with E-state index in [0.717, 1.165) is 0 Å². The number of aromatic nitrogens is 2. The molecule has 0 radical (unpaired) electrons. The van der Waals surface area contributed by atoms with E-state index in [1.807, 2.05) is 0 Å². The number of nitrogens with zero attached hydrogens (tertiary/aromatic N) is 2. The van der Waals surface area contributed by atoms with Crippen molar-refractivity contribution in [3.8, 4) is 0 Å². The van der Waals surface area contributed by atoms with Gasteiger partial charge in [-0.2, -0.15) is 13.8 Å². The van der Waals surface area contributed by atoms with E-state index >= 15 is 0 Å². The highest BCUT2D eigenvalue weighted by atomic mass is 35.5. The van der Waals surface area contributed by atoms with Gasteiger partial charge in [-0.05, 0) is 6.92 Å². The zero-order chi connectivity index (χ0) is 10.9. The summed E-state index contributed by atoms with van der Waals surface area (Å²) in [5.41, 5.74) is 0. The summed E-state index contributed by atoms with van der Waals surface area (Å²) in [6.07, 6.45) is -3.89. The van der Waals surface area contributed by atoms with Crippen molar-refractivity contribution in [2.45, 2.75) is 24.6 Å². The van der Waals surface area contributed by atoms with Crippen LogP contribution in [0.2, 0.25) is 0 Å². The highest BCUT2D eigenvalue weighted by Crippen LogP contribution is 2.33. The van der Waals surface area contributed by atoms with Crippen molar-refractivity contribution in [2.24, 2.45) is 0 Å². The summed E-state index contributed by atoms with van der Waals surface area (Å²) < 4.78 is 52.7. The van der Waals surface area contributed by atoms with Gasteiger partial charge in [0.1, 0.15) is 0 Å². The first kappa shape index (κ1) is 11.2. The summed E-state index contributed by atoms with van der Waals surface area (Å²) >= 11 is 5.43. The first-order valence-electron chi connectivity index (χ1n) is 3.49. The Labute approximate surface area is 81.0 Å².